The summed E-state index contributed by atoms with van der Waals surface area (Å²) in [7, 11) is 0. The molecule has 1 rings (SSSR count). The van der Waals surface area contributed by atoms with Crippen LogP contribution in [0.4, 0.5) is 4.39 Å². The maximum Gasteiger partial charge on any atom is 0.304 e. The molecule has 1 aromatic carbocycles. The first-order valence-electron chi connectivity index (χ1n) is 5.79. The molecule has 0 aliphatic carbocycles. The summed E-state index contributed by atoms with van der Waals surface area (Å²) < 4.78 is 13.1. The van der Waals surface area contributed by atoms with Crippen molar-refractivity contribution in [3.63, 3.8) is 0 Å². The van der Waals surface area contributed by atoms with E-state index in [0.717, 1.165) is 6.42 Å². The van der Waals surface area contributed by atoms with Crippen molar-refractivity contribution in [2.24, 2.45) is 0 Å². The third-order valence-corrected chi connectivity index (χ3v) is 2.50. The van der Waals surface area contributed by atoms with E-state index in [1.165, 1.54) is 18.2 Å². The molecule has 1 atom stereocenters. The Kier molecular flexibility index (Phi) is 5.30. The van der Waals surface area contributed by atoms with Crippen LogP contribution in [0.2, 0.25) is 0 Å². The van der Waals surface area contributed by atoms with Crippen LogP contribution >= 0.6 is 0 Å². The Morgan fingerprint density at radius 2 is 2.17 bits per heavy atom. The Morgan fingerprint density at radius 3 is 2.72 bits per heavy atom. The first-order valence-corrected chi connectivity index (χ1v) is 5.79. The van der Waals surface area contributed by atoms with Crippen molar-refractivity contribution in [1.82, 2.24) is 5.32 Å². The first-order chi connectivity index (χ1) is 8.54. The second-order valence-corrected chi connectivity index (χ2v) is 4.00. The van der Waals surface area contributed by atoms with Gasteiger partial charge < -0.3 is 10.4 Å². The molecule has 1 unspecified atom stereocenters. The third-order valence-electron chi connectivity index (χ3n) is 2.50. The van der Waals surface area contributed by atoms with Crippen LogP contribution in [0.25, 0.3) is 0 Å². The summed E-state index contributed by atoms with van der Waals surface area (Å²) in [4.78, 5) is 22.6. The van der Waals surface area contributed by atoms with E-state index < -0.39 is 17.7 Å². The number of hydrogen-bond donors (Lipinski definition) is 2. The molecule has 2 N–H and O–H groups in total. The van der Waals surface area contributed by atoms with Gasteiger partial charge in [0, 0.05) is 6.54 Å². The number of nitrogens with one attached hydrogen (secondary N) is 1. The van der Waals surface area contributed by atoms with E-state index in [-0.39, 0.29) is 12.3 Å². The lowest BCUT2D eigenvalue weighted by Gasteiger charge is -2.15. The molecule has 1 aromatic rings. The number of carboxylic acids is 1. The van der Waals surface area contributed by atoms with Crippen molar-refractivity contribution < 1.29 is 19.1 Å². The minimum absolute atomic E-state index is 0.348. The van der Waals surface area contributed by atoms with Crippen molar-refractivity contribution in [2.75, 3.05) is 6.54 Å². The molecular formula is C13H16FNO3. The summed E-state index contributed by atoms with van der Waals surface area (Å²) >= 11 is 0. The molecule has 0 bridgehead atoms. The lowest BCUT2D eigenvalue weighted by molar-refractivity contribution is -0.139. The highest BCUT2D eigenvalue weighted by Gasteiger charge is 2.23. The van der Waals surface area contributed by atoms with Gasteiger partial charge in [-0.25, -0.2) is 4.39 Å². The van der Waals surface area contributed by atoms with E-state index in [4.69, 9.17) is 5.11 Å². The van der Waals surface area contributed by atoms with Gasteiger partial charge in [-0.2, -0.15) is 0 Å². The molecular weight excluding hydrogens is 237 g/mol. The van der Waals surface area contributed by atoms with Crippen molar-refractivity contribution in [3.8, 4) is 0 Å². The van der Waals surface area contributed by atoms with Crippen LogP contribution in [-0.4, -0.2) is 23.5 Å². The van der Waals surface area contributed by atoms with E-state index >= 15 is 0 Å². The number of hydrogen-bond acceptors (Lipinski definition) is 2. The maximum atomic E-state index is 13.1. The zero-order valence-electron chi connectivity index (χ0n) is 10.1. The highest BCUT2D eigenvalue weighted by Crippen LogP contribution is 2.20. The molecule has 0 spiro atoms. The summed E-state index contributed by atoms with van der Waals surface area (Å²) in [6.07, 6.45) is 0.410. The van der Waals surface area contributed by atoms with Crippen molar-refractivity contribution in [3.05, 3.63) is 35.6 Å². The van der Waals surface area contributed by atoms with Crippen LogP contribution in [0.5, 0.6) is 0 Å². The number of carbonyl (C=O) groups is 2. The van der Waals surface area contributed by atoms with Crippen LogP contribution in [-0.2, 0) is 9.59 Å². The molecule has 0 aromatic heterocycles. The van der Waals surface area contributed by atoms with Gasteiger partial charge in [0.15, 0.2) is 0 Å². The number of halogens is 1. The Labute approximate surface area is 105 Å². The van der Waals surface area contributed by atoms with Gasteiger partial charge in [-0.15, -0.1) is 0 Å². The SMILES string of the molecule is CCCNC(=O)C(CC(=O)O)c1cccc(F)c1. The second kappa shape index (κ2) is 6.74. The highest BCUT2D eigenvalue weighted by molar-refractivity contribution is 5.87. The number of carboxylic acid groups (broad SMARTS) is 1. The number of benzene rings is 1. The number of carbonyl (C=O) groups excluding carboxylic acids is 1. The van der Waals surface area contributed by atoms with E-state index in [2.05, 4.69) is 5.32 Å². The van der Waals surface area contributed by atoms with E-state index in [0.29, 0.717) is 12.1 Å². The van der Waals surface area contributed by atoms with Crippen molar-refractivity contribution in [2.45, 2.75) is 25.7 Å². The van der Waals surface area contributed by atoms with E-state index in [9.17, 15) is 14.0 Å². The maximum absolute atomic E-state index is 13.1. The van der Waals surface area contributed by atoms with Gasteiger partial charge in [-0.05, 0) is 24.1 Å². The minimum atomic E-state index is -1.09. The third kappa shape index (κ3) is 4.16. The zero-order valence-corrected chi connectivity index (χ0v) is 10.1. The summed E-state index contributed by atoms with van der Waals surface area (Å²) in [6.45, 7) is 2.37. The molecule has 4 nitrogen and oxygen atoms in total. The molecule has 0 aliphatic heterocycles. The molecule has 18 heavy (non-hydrogen) atoms. The van der Waals surface area contributed by atoms with Crippen molar-refractivity contribution in [1.29, 1.82) is 0 Å². The zero-order chi connectivity index (χ0) is 13.5. The fourth-order valence-corrected chi connectivity index (χ4v) is 1.63. The molecule has 0 heterocycles. The van der Waals surface area contributed by atoms with Crippen molar-refractivity contribution >= 4 is 11.9 Å². The lowest BCUT2D eigenvalue weighted by Crippen LogP contribution is -2.31. The number of rotatable bonds is 6. The Morgan fingerprint density at radius 1 is 1.44 bits per heavy atom. The summed E-state index contributed by atoms with van der Waals surface area (Å²) in [5.41, 5.74) is 0.381. The molecule has 0 aliphatic rings. The largest absolute Gasteiger partial charge is 0.481 e. The van der Waals surface area contributed by atoms with E-state index in [1.807, 2.05) is 6.92 Å². The monoisotopic (exact) mass is 253 g/mol. The van der Waals surface area contributed by atoms with Gasteiger partial charge in [-0.1, -0.05) is 19.1 Å². The molecule has 98 valence electrons. The fraction of sp³-hybridized carbons (Fsp3) is 0.385. The fourth-order valence-electron chi connectivity index (χ4n) is 1.63. The molecule has 0 radical (unpaired) electrons. The lowest BCUT2D eigenvalue weighted by atomic mass is 9.94. The molecule has 0 saturated heterocycles. The van der Waals surface area contributed by atoms with Gasteiger partial charge in [0.25, 0.3) is 0 Å². The number of amides is 1. The van der Waals surface area contributed by atoms with Crippen LogP contribution in [0.1, 0.15) is 31.2 Å². The molecule has 1 amide bonds. The predicted octanol–water partition coefficient (Wildman–Crippen LogP) is 1.91. The van der Waals surface area contributed by atoms with Gasteiger partial charge in [0.1, 0.15) is 5.82 Å². The van der Waals surface area contributed by atoms with E-state index in [1.54, 1.807) is 6.07 Å². The second-order valence-electron chi connectivity index (χ2n) is 4.00. The van der Waals surface area contributed by atoms with Gasteiger partial charge >= 0.3 is 5.97 Å². The smallest absolute Gasteiger partial charge is 0.304 e. The van der Waals surface area contributed by atoms with Crippen LogP contribution in [0.15, 0.2) is 24.3 Å². The summed E-state index contributed by atoms with van der Waals surface area (Å²) in [5, 5.41) is 11.4. The Hall–Kier alpha value is -1.91. The number of aliphatic carboxylic acids is 1. The normalized spacial score (nSPS) is 11.9. The Bertz CT molecular complexity index is 434. The quantitative estimate of drug-likeness (QED) is 0.813. The average molecular weight is 253 g/mol. The minimum Gasteiger partial charge on any atom is -0.481 e. The van der Waals surface area contributed by atoms with Gasteiger partial charge in [0.2, 0.25) is 5.91 Å². The average Bonchev–Trinajstić information content (AvgIpc) is 2.32. The summed E-state index contributed by atoms with van der Waals surface area (Å²) in [5.74, 6) is -2.81. The van der Waals surface area contributed by atoms with Gasteiger partial charge in [-0.3, -0.25) is 9.59 Å². The Balaban J connectivity index is 2.90. The first kappa shape index (κ1) is 14.2. The molecule has 5 heteroatoms. The van der Waals surface area contributed by atoms with Gasteiger partial charge in [0.05, 0.1) is 12.3 Å². The topological polar surface area (TPSA) is 66.4 Å². The predicted molar refractivity (Wildman–Crippen MR) is 64.7 cm³/mol. The highest BCUT2D eigenvalue weighted by atomic mass is 19.1. The molecule has 0 fully saturated rings. The standard InChI is InChI=1S/C13H16FNO3/c1-2-6-15-13(18)11(8-12(16)17)9-4-3-5-10(14)7-9/h3-5,7,11H,2,6,8H2,1H3,(H,15,18)(H,16,17). The van der Waals surface area contributed by atoms with Crippen LogP contribution in [0, 0.1) is 5.82 Å². The van der Waals surface area contributed by atoms with Crippen LogP contribution < -0.4 is 5.32 Å². The summed E-state index contributed by atoms with van der Waals surface area (Å²) in [6, 6.07) is 5.47. The molecule has 0 saturated carbocycles. The van der Waals surface area contributed by atoms with Crippen LogP contribution in [0.3, 0.4) is 0 Å².